The number of ether oxygens (including phenoxy) is 3. The van der Waals surface area contributed by atoms with E-state index in [2.05, 4.69) is 16.8 Å². The number of hydrogen-bond donors (Lipinski definition) is 1. The summed E-state index contributed by atoms with van der Waals surface area (Å²) in [5.41, 5.74) is 4.03. The topological polar surface area (TPSA) is 97.4 Å². The van der Waals surface area contributed by atoms with Crippen LogP contribution in [-0.2, 0) is 27.4 Å². The van der Waals surface area contributed by atoms with Crippen molar-refractivity contribution in [2.45, 2.75) is 20.0 Å². The molecule has 2 fully saturated rings. The van der Waals surface area contributed by atoms with Crippen LogP contribution < -0.4 is 19.7 Å². The van der Waals surface area contributed by atoms with Crippen molar-refractivity contribution >= 4 is 57.9 Å². The van der Waals surface area contributed by atoms with E-state index in [1.165, 1.54) is 0 Å². The van der Waals surface area contributed by atoms with Crippen LogP contribution in [0.4, 0.5) is 16.2 Å². The van der Waals surface area contributed by atoms with Gasteiger partial charge in [0, 0.05) is 35.1 Å². The van der Waals surface area contributed by atoms with E-state index in [-0.39, 0.29) is 4.91 Å². The van der Waals surface area contributed by atoms with Gasteiger partial charge in [-0.2, -0.15) is 0 Å². The molecule has 5 rings (SSSR count). The number of benzene rings is 3. The van der Waals surface area contributed by atoms with Crippen molar-refractivity contribution in [1.29, 1.82) is 0 Å². The van der Waals surface area contributed by atoms with E-state index in [0.717, 1.165) is 46.6 Å². The molecule has 9 nitrogen and oxygen atoms in total. The SMILES string of the molecule is C=CCc1cc(/C=C2\SC(=O)N(CC(=O)Nc3ccc(N4CCOCC4)cc3)C2=O)cc(OCC)c1OCc1ccc(Cl)cc1. The number of amides is 3. The molecule has 3 aromatic rings. The largest absolute Gasteiger partial charge is 0.490 e. The molecule has 3 amide bonds. The normalized spacial score (nSPS) is 15.8. The lowest BCUT2D eigenvalue weighted by molar-refractivity contribution is -0.127. The zero-order valence-electron chi connectivity index (χ0n) is 24.9. The molecule has 2 saturated heterocycles. The highest BCUT2D eigenvalue weighted by Crippen LogP contribution is 2.38. The minimum absolute atomic E-state index is 0.212. The molecule has 11 heteroatoms. The van der Waals surface area contributed by atoms with Gasteiger partial charge < -0.3 is 24.4 Å². The lowest BCUT2D eigenvalue weighted by Gasteiger charge is -2.28. The number of nitrogens with zero attached hydrogens (tertiary/aromatic N) is 2. The van der Waals surface area contributed by atoms with Crippen LogP contribution in [0.1, 0.15) is 23.6 Å². The Balaban J connectivity index is 1.27. The van der Waals surface area contributed by atoms with E-state index >= 15 is 0 Å². The van der Waals surface area contributed by atoms with E-state index in [1.54, 1.807) is 42.5 Å². The molecular weight excluding hydrogens is 614 g/mol. The highest BCUT2D eigenvalue weighted by Gasteiger charge is 2.36. The quantitative estimate of drug-likeness (QED) is 0.174. The zero-order chi connectivity index (χ0) is 31.8. The Morgan fingerprint density at radius 2 is 1.80 bits per heavy atom. The summed E-state index contributed by atoms with van der Waals surface area (Å²) in [6.07, 6.45) is 3.88. The van der Waals surface area contributed by atoms with Crippen molar-refractivity contribution in [3.63, 3.8) is 0 Å². The molecule has 2 heterocycles. The molecule has 0 radical (unpaired) electrons. The number of hydrogen-bond acceptors (Lipinski definition) is 8. The number of allylic oxidation sites excluding steroid dienone is 1. The van der Waals surface area contributed by atoms with Gasteiger partial charge in [0.1, 0.15) is 13.2 Å². The van der Waals surface area contributed by atoms with E-state index in [0.29, 0.717) is 60.6 Å². The molecule has 1 N–H and O–H groups in total. The Hall–Kier alpha value is -4.25. The van der Waals surface area contributed by atoms with Crippen LogP contribution in [0.25, 0.3) is 6.08 Å². The molecular formula is C34H34ClN3O6S. The number of morpholine rings is 1. The summed E-state index contributed by atoms with van der Waals surface area (Å²) >= 11 is 6.80. The Bertz CT molecular complexity index is 1590. The fourth-order valence-corrected chi connectivity index (χ4v) is 5.91. The summed E-state index contributed by atoms with van der Waals surface area (Å²) in [4.78, 5) is 42.2. The zero-order valence-corrected chi connectivity index (χ0v) is 26.5. The second-order valence-electron chi connectivity index (χ2n) is 10.3. The Kier molecular flexibility index (Phi) is 10.8. The van der Waals surface area contributed by atoms with Crippen molar-refractivity contribution < 1.29 is 28.6 Å². The van der Waals surface area contributed by atoms with Gasteiger partial charge in [-0.25, -0.2) is 0 Å². The third kappa shape index (κ3) is 8.27. The van der Waals surface area contributed by atoms with Crippen LogP contribution in [0.15, 0.2) is 78.2 Å². The Morgan fingerprint density at radius 1 is 1.07 bits per heavy atom. The van der Waals surface area contributed by atoms with Gasteiger partial charge in [0.2, 0.25) is 5.91 Å². The van der Waals surface area contributed by atoms with Gasteiger partial charge in [-0.1, -0.05) is 29.8 Å². The molecule has 234 valence electrons. The second kappa shape index (κ2) is 15.2. The van der Waals surface area contributed by atoms with Gasteiger partial charge in [-0.3, -0.25) is 19.3 Å². The average Bonchev–Trinajstić information content (AvgIpc) is 3.29. The first-order chi connectivity index (χ1) is 21.8. The van der Waals surface area contributed by atoms with Crippen LogP contribution >= 0.6 is 23.4 Å². The molecule has 45 heavy (non-hydrogen) atoms. The van der Waals surface area contributed by atoms with E-state index in [4.69, 9.17) is 25.8 Å². The van der Waals surface area contributed by atoms with Crippen LogP contribution in [-0.4, -0.2) is 61.4 Å². The standard InChI is InChI=1S/C34H34ClN3O6S/c1-3-5-25-18-24(19-29(43-4-2)32(25)44-22-23-6-8-26(35)9-7-23)20-30-33(40)38(34(41)45-30)21-31(39)36-27-10-12-28(13-11-27)37-14-16-42-17-15-37/h3,6-13,18-20H,1,4-5,14-17,21-22H2,2H3,(H,36,39)/b30-20-. The van der Waals surface area contributed by atoms with Crippen molar-refractivity contribution in [3.8, 4) is 11.5 Å². The summed E-state index contributed by atoms with van der Waals surface area (Å²) < 4.78 is 17.5. The molecule has 0 unspecified atom stereocenters. The lowest BCUT2D eigenvalue weighted by Crippen LogP contribution is -2.36. The molecule has 2 aliphatic heterocycles. The van der Waals surface area contributed by atoms with E-state index in [9.17, 15) is 14.4 Å². The van der Waals surface area contributed by atoms with Gasteiger partial charge in [-0.05, 0) is 90.8 Å². The summed E-state index contributed by atoms with van der Waals surface area (Å²) in [6, 6.07) is 18.5. The van der Waals surface area contributed by atoms with Crippen LogP contribution in [0.5, 0.6) is 11.5 Å². The maximum Gasteiger partial charge on any atom is 0.294 e. The summed E-state index contributed by atoms with van der Waals surface area (Å²) in [7, 11) is 0. The molecule has 3 aromatic carbocycles. The van der Waals surface area contributed by atoms with Gasteiger partial charge in [0.05, 0.1) is 24.7 Å². The van der Waals surface area contributed by atoms with Crippen LogP contribution in [0.3, 0.4) is 0 Å². The third-order valence-corrected chi connectivity index (χ3v) is 8.27. The van der Waals surface area contributed by atoms with Crippen molar-refractivity contribution in [1.82, 2.24) is 4.90 Å². The smallest absolute Gasteiger partial charge is 0.294 e. The van der Waals surface area contributed by atoms with Crippen molar-refractivity contribution in [2.75, 3.05) is 49.7 Å². The number of anilines is 2. The number of rotatable bonds is 12. The minimum Gasteiger partial charge on any atom is -0.490 e. The highest BCUT2D eigenvalue weighted by atomic mass is 35.5. The summed E-state index contributed by atoms with van der Waals surface area (Å²) in [6.45, 7) is 9.03. The number of imide groups is 1. The maximum absolute atomic E-state index is 13.2. The van der Waals surface area contributed by atoms with Crippen molar-refractivity contribution in [2.24, 2.45) is 0 Å². The Labute approximate surface area is 271 Å². The Morgan fingerprint density at radius 3 is 2.49 bits per heavy atom. The molecule has 0 aliphatic carbocycles. The molecule has 0 atom stereocenters. The molecule has 0 spiro atoms. The first-order valence-electron chi connectivity index (χ1n) is 14.6. The molecule has 0 saturated carbocycles. The number of thioether (sulfide) groups is 1. The predicted molar refractivity (Wildman–Crippen MR) is 178 cm³/mol. The second-order valence-corrected chi connectivity index (χ2v) is 11.7. The van der Waals surface area contributed by atoms with Crippen LogP contribution in [0, 0.1) is 0 Å². The molecule has 2 aliphatic rings. The third-order valence-electron chi connectivity index (χ3n) is 7.11. The van der Waals surface area contributed by atoms with Crippen LogP contribution in [0.2, 0.25) is 5.02 Å². The average molecular weight is 648 g/mol. The fourth-order valence-electron chi connectivity index (χ4n) is 4.95. The molecule has 0 bridgehead atoms. The summed E-state index contributed by atoms with van der Waals surface area (Å²) in [5.74, 6) is 0.0859. The van der Waals surface area contributed by atoms with E-state index < -0.39 is 23.6 Å². The van der Waals surface area contributed by atoms with Gasteiger partial charge in [0.15, 0.2) is 11.5 Å². The number of carbonyl (C=O) groups is 3. The summed E-state index contributed by atoms with van der Waals surface area (Å²) in [5, 5.41) is 2.91. The maximum atomic E-state index is 13.2. The van der Waals surface area contributed by atoms with Gasteiger partial charge >= 0.3 is 0 Å². The first kappa shape index (κ1) is 32.2. The first-order valence-corrected chi connectivity index (χ1v) is 15.8. The number of nitrogens with one attached hydrogen (secondary N) is 1. The number of halogens is 1. The van der Waals surface area contributed by atoms with Crippen molar-refractivity contribution in [3.05, 3.63) is 99.9 Å². The predicted octanol–water partition coefficient (Wildman–Crippen LogP) is 6.56. The fraction of sp³-hybridized carbons (Fsp3) is 0.265. The lowest BCUT2D eigenvalue weighted by atomic mass is 10.0. The monoisotopic (exact) mass is 647 g/mol. The highest BCUT2D eigenvalue weighted by molar-refractivity contribution is 8.18. The molecule has 0 aromatic heterocycles. The van der Waals surface area contributed by atoms with Gasteiger partial charge in [-0.15, -0.1) is 6.58 Å². The minimum atomic E-state index is -0.533. The number of carbonyl (C=O) groups excluding carboxylic acids is 3. The van der Waals surface area contributed by atoms with E-state index in [1.807, 2.05) is 37.3 Å². The van der Waals surface area contributed by atoms with Gasteiger partial charge in [0.25, 0.3) is 11.1 Å².